The lowest BCUT2D eigenvalue weighted by Gasteiger charge is -2.13. The van der Waals surface area contributed by atoms with Gasteiger partial charge in [-0.2, -0.15) is 0 Å². The number of aryl methyl sites for hydroxylation is 2. The summed E-state index contributed by atoms with van der Waals surface area (Å²) < 4.78 is 5.44. The number of hydrogen-bond acceptors (Lipinski definition) is 4. The van der Waals surface area contributed by atoms with Crippen LogP contribution in [0.1, 0.15) is 18.1 Å². The number of ether oxygens (including phenoxy) is 1. The number of nitrogens with zero attached hydrogens (tertiary/aromatic N) is 1. The van der Waals surface area contributed by atoms with Gasteiger partial charge in [0, 0.05) is 18.6 Å². The van der Waals surface area contributed by atoms with Gasteiger partial charge in [0.25, 0.3) is 0 Å². The Balaban J connectivity index is 3.00. The minimum absolute atomic E-state index is 0.00128. The predicted molar refractivity (Wildman–Crippen MR) is 64.3 cm³/mol. The fraction of sp³-hybridized carbons (Fsp3) is 0.500. The van der Waals surface area contributed by atoms with Gasteiger partial charge in [-0.15, -0.1) is 0 Å². The van der Waals surface area contributed by atoms with Crippen molar-refractivity contribution in [3.05, 3.63) is 33.4 Å². The summed E-state index contributed by atoms with van der Waals surface area (Å²) in [6.45, 7) is 5.66. The monoisotopic (exact) mass is 239 g/mol. The molecule has 1 aromatic rings. The summed E-state index contributed by atoms with van der Waals surface area (Å²) in [4.78, 5) is 10.5. The molecule has 94 valence electrons. The second kappa shape index (κ2) is 5.63. The van der Waals surface area contributed by atoms with Crippen LogP contribution in [-0.2, 0) is 0 Å². The predicted octanol–water partition coefficient (Wildman–Crippen LogP) is 2.22. The molecule has 0 saturated heterocycles. The van der Waals surface area contributed by atoms with Gasteiger partial charge in [-0.25, -0.2) is 0 Å². The highest BCUT2D eigenvalue weighted by atomic mass is 16.6. The van der Waals surface area contributed by atoms with E-state index in [1.807, 2.05) is 13.0 Å². The van der Waals surface area contributed by atoms with E-state index in [1.165, 1.54) is 6.07 Å². The van der Waals surface area contributed by atoms with Gasteiger partial charge in [0.1, 0.15) is 0 Å². The molecule has 0 radical (unpaired) electrons. The Morgan fingerprint density at radius 3 is 2.65 bits per heavy atom. The minimum atomic E-state index is -0.445. The highest BCUT2D eigenvalue weighted by Gasteiger charge is 2.19. The average Bonchev–Trinajstić information content (AvgIpc) is 2.26. The average molecular weight is 239 g/mol. The van der Waals surface area contributed by atoms with Gasteiger partial charge in [-0.05, 0) is 25.0 Å². The summed E-state index contributed by atoms with van der Waals surface area (Å²) in [7, 11) is 0. The fourth-order valence-corrected chi connectivity index (χ4v) is 1.53. The number of aliphatic hydroxyl groups is 1. The molecule has 1 unspecified atom stereocenters. The lowest BCUT2D eigenvalue weighted by Crippen LogP contribution is -2.13. The molecule has 17 heavy (non-hydrogen) atoms. The molecule has 0 amide bonds. The van der Waals surface area contributed by atoms with Crippen molar-refractivity contribution in [2.75, 3.05) is 13.2 Å². The van der Waals surface area contributed by atoms with Gasteiger partial charge in [0.2, 0.25) is 0 Å². The Bertz CT molecular complexity index is 417. The van der Waals surface area contributed by atoms with Gasteiger partial charge >= 0.3 is 5.69 Å². The van der Waals surface area contributed by atoms with Crippen molar-refractivity contribution in [2.45, 2.75) is 20.8 Å². The van der Waals surface area contributed by atoms with E-state index in [0.717, 1.165) is 11.1 Å². The molecule has 5 heteroatoms. The third-order valence-electron chi connectivity index (χ3n) is 2.42. The van der Waals surface area contributed by atoms with Crippen LogP contribution in [0.15, 0.2) is 12.1 Å². The molecular formula is C12H17NO4. The van der Waals surface area contributed by atoms with Gasteiger partial charge in [0.15, 0.2) is 5.75 Å². The van der Waals surface area contributed by atoms with Crippen molar-refractivity contribution in [3.8, 4) is 5.75 Å². The summed E-state index contributed by atoms with van der Waals surface area (Å²) in [5.41, 5.74) is 1.55. The van der Waals surface area contributed by atoms with Crippen LogP contribution in [0.4, 0.5) is 5.69 Å². The molecular weight excluding hydrogens is 222 g/mol. The summed E-state index contributed by atoms with van der Waals surface area (Å²) in [5.74, 6) is 0.246. The first kappa shape index (κ1) is 13.4. The third-order valence-corrected chi connectivity index (χ3v) is 2.42. The van der Waals surface area contributed by atoms with Crippen LogP contribution in [0.5, 0.6) is 5.75 Å². The highest BCUT2D eigenvalue weighted by molar-refractivity contribution is 5.53. The molecule has 0 fully saturated rings. The summed E-state index contributed by atoms with van der Waals surface area (Å²) >= 11 is 0. The van der Waals surface area contributed by atoms with Crippen LogP contribution in [0.3, 0.4) is 0 Å². The van der Waals surface area contributed by atoms with E-state index in [4.69, 9.17) is 9.84 Å². The van der Waals surface area contributed by atoms with Crippen molar-refractivity contribution in [3.63, 3.8) is 0 Å². The van der Waals surface area contributed by atoms with Crippen LogP contribution in [0.2, 0.25) is 0 Å². The van der Waals surface area contributed by atoms with E-state index in [9.17, 15) is 10.1 Å². The number of aliphatic hydroxyl groups excluding tert-OH is 1. The Kier molecular flexibility index (Phi) is 4.45. The maximum Gasteiger partial charge on any atom is 0.311 e. The summed E-state index contributed by atoms with van der Waals surface area (Å²) in [6.07, 6.45) is 0. The second-order valence-electron chi connectivity index (χ2n) is 4.29. The molecule has 0 aliphatic rings. The molecule has 5 nitrogen and oxygen atoms in total. The SMILES string of the molecule is Cc1cc(C)c(OCC(C)CO)c([N+](=O)[O-])c1. The maximum absolute atomic E-state index is 10.9. The Hall–Kier alpha value is -1.62. The van der Waals surface area contributed by atoms with Crippen molar-refractivity contribution in [1.29, 1.82) is 0 Å². The molecule has 0 aliphatic carbocycles. The van der Waals surface area contributed by atoms with Crippen molar-refractivity contribution >= 4 is 5.69 Å². The Morgan fingerprint density at radius 2 is 2.12 bits per heavy atom. The molecule has 0 saturated carbocycles. The quantitative estimate of drug-likeness (QED) is 0.631. The van der Waals surface area contributed by atoms with Crippen LogP contribution >= 0.6 is 0 Å². The van der Waals surface area contributed by atoms with Crippen LogP contribution in [0, 0.1) is 29.9 Å². The number of nitro groups is 1. The molecule has 0 aromatic heterocycles. The first-order valence-electron chi connectivity index (χ1n) is 5.45. The topological polar surface area (TPSA) is 72.6 Å². The molecule has 0 bridgehead atoms. The minimum Gasteiger partial charge on any atom is -0.486 e. The largest absolute Gasteiger partial charge is 0.486 e. The van der Waals surface area contributed by atoms with E-state index in [2.05, 4.69) is 0 Å². The number of hydrogen-bond donors (Lipinski definition) is 1. The third kappa shape index (κ3) is 3.42. The molecule has 1 atom stereocenters. The van der Waals surface area contributed by atoms with Crippen LogP contribution in [-0.4, -0.2) is 23.2 Å². The Labute approximate surface area is 100 Å². The molecule has 1 aromatic carbocycles. The Morgan fingerprint density at radius 1 is 1.47 bits per heavy atom. The zero-order valence-electron chi connectivity index (χ0n) is 10.3. The summed E-state index contributed by atoms with van der Waals surface area (Å²) in [6, 6.07) is 3.33. The zero-order valence-corrected chi connectivity index (χ0v) is 10.3. The number of nitro benzene ring substituents is 1. The van der Waals surface area contributed by atoms with Gasteiger partial charge < -0.3 is 9.84 Å². The van der Waals surface area contributed by atoms with Crippen LogP contribution in [0.25, 0.3) is 0 Å². The van der Waals surface area contributed by atoms with E-state index in [-0.39, 0.29) is 24.8 Å². The van der Waals surface area contributed by atoms with Gasteiger partial charge in [-0.1, -0.05) is 13.0 Å². The number of rotatable bonds is 5. The normalized spacial score (nSPS) is 12.2. The lowest BCUT2D eigenvalue weighted by molar-refractivity contribution is -0.386. The highest BCUT2D eigenvalue weighted by Crippen LogP contribution is 2.32. The lowest BCUT2D eigenvalue weighted by atomic mass is 10.1. The van der Waals surface area contributed by atoms with E-state index >= 15 is 0 Å². The second-order valence-corrected chi connectivity index (χ2v) is 4.29. The van der Waals surface area contributed by atoms with E-state index in [0.29, 0.717) is 5.75 Å². The zero-order chi connectivity index (χ0) is 13.0. The molecule has 0 aliphatic heterocycles. The van der Waals surface area contributed by atoms with Gasteiger partial charge in [-0.3, -0.25) is 10.1 Å². The fourth-order valence-electron chi connectivity index (χ4n) is 1.53. The first-order chi connectivity index (χ1) is 7.95. The van der Waals surface area contributed by atoms with Crippen molar-refractivity contribution < 1.29 is 14.8 Å². The molecule has 0 heterocycles. The molecule has 0 spiro atoms. The van der Waals surface area contributed by atoms with Crippen LogP contribution < -0.4 is 4.74 Å². The van der Waals surface area contributed by atoms with E-state index in [1.54, 1.807) is 13.8 Å². The van der Waals surface area contributed by atoms with Gasteiger partial charge in [0.05, 0.1) is 11.5 Å². The van der Waals surface area contributed by atoms with Crippen molar-refractivity contribution in [1.82, 2.24) is 0 Å². The maximum atomic E-state index is 10.9. The molecule has 1 rings (SSSR count). The smallest absolute Gasteiger partial charge is 0.311 e. The number of benzene rings is 1. The van der Waals surface area contributed by atoms with E-state index < -0.39 is 4.92 Å². The standard InChI is InChI=1S/C12H17NO4/c1-8-4-10(3)12(11(5-8)13(15)16)17-7-9(2)6-14/h4-5,9,14H,6-7H2,1-3H3. The first-order valence-corrected chi connectivity index (χ1v) is 5.45. The van der Waals surface area contributed by atoms with Crippen molar-refractivity contribution in [2.24, 2.45) is 5.92 Å². The summed E-state index contributed by atoms with van der Waals surface area (Å²) in [5, 5.41) is 19.8. The molecule has 1 N–H and O–H groups in total.